The van der Waals surface area contributed by atoms with Crippen LogP contribution in [0.2, 0.25) is 0 Å². The third kappa shape index (κ3) is 3.81. The lowest BCUT2D eigenvalue weighted by atomic mass is 10.00. The maximum atomic E-state index is 12.8. The highest BCUT2D eigenvalue weighted by Crippen LogP contribution is 2.33. The summed E-state index contributed by atoms with van der Waals surface area (Å²) in [6, 6.07) is 4.75. The van der Waals surface area contributed by atoms with Crippen molar-refractivity contribution in [2.75, 3.05) is 33.4 Å². The van der Waals surface area contributed by atoms with Gasteiger partial charge in [0.25, 0.3) is 0 Å². The quantitative estimate of drug-likeness (QED) is 0.777. The minimum absolute atomic E-state index is 0.0998. The van der Waals surface area contributed by atoms with Crippen LogP contribution in [0.3, 0.4) is 0 Å². The van der Waals surface area contributed by atoms with Crippen molar-refractivity contribution in [2.24, 2.45) is 0 Å². The van der Waals surface area contributed by atoms with Crippen LogP contribution in [0.1, 0.15) is 32.6 Å². The van der Waals surface area contributed by atoms with Crippen LogP contribution in [0.5, 0.6) is 11.5 Å². The van der Waals surface area contributed by atoms with Crippen LogP contribution < -0.4 is 9.47 Å². The Balaban J connectivity index is 1.73. The summed E-state index contributed by atoms with van der Waals surface area (Å²) in [6.07, 6.45) is 3.97. The molecule has 1 aromatic rings. The number of likely N-dealkylation sites (N-methyl/N-ethyl adjacent to an activating group) is 1. The number of carbonyl (C=O) groups excluding carboxylic acids is 1. The minimum atomic E-state index is -3.78. The molecule has 144 valence electrons. The molecule has 2 aliphatic heterocycles. The fourth-order valence-electron chi connectivity index (χ4n) is 3.48. The lowest BCUT2D eigenvalue weighted by Gasteiger charge is -2.36. The molecule has 3 rings (SSSR count). The molecule has 0 spiro atoms. The number of likely N-dealkylation sites (tertiary alicyclic amines) is 1. The highest BCUT2D eigenvalue weighted by molar-refractivity contribution is 7.89. The van der Waals surface area contributed by atoms with Crippen molar-refractivity contribution in [1.29, 1.82) is 0 Å². The monoisotopic (exact) mass is 382 g/mol. The van der Waals surface area contributed by atoms with Crippen LogP contribution >= 0.6 is 0 Å². The van der Waals surface area contributed by atoms with Crippen molar-refractivity contribution in [3.8, 4) is 11.5 Å². The summed E-state index contributed by atoms with van der Waals surface area (Å²) in [5, 5.41) is 0. The molecule has 1 saturated heterocycles. The molecule has 1 atom stereocenters. The Labute approximate surface area is 154 Å². The molecule has 0 N–H and O–H groups in total. The average molecular weight is 382 g/mol. The molecule has 2 heterocycles. The van der Waals surface area contributed by atoms with Gasteiger partial charge in [-0.2, -0.15) is 4.31 Å². The maximum Gasteiger partial charge on any atom is 0.243 e. The normalized spacial score (nSPS) is 20.3. The van der Waals surface area contributed by atoms with Crippen LogP contribution in [-0.4, -0.2) is 62.9 Å². The molecule has 26 heavy (non-hydrogen) atoms. The number of carbonyl (C=O) groups is 1. The Kier molecular flexibility index (Phi) is 5.72. The zero-order chi connectivity index (χ0) is 18.7. The number of fused-ring (bicyclic) bond motifs is 1. The van der Waals surface area contributed by atoms with Gasteiger partial charge in [-0.3, -0.25) is 4.79 Å². The van der Waals surface area contributed by atoms with Crippen molar-refractivity contribution >= 4 is 15.9 Å². The summed E-state index contributed by atoms with van der Waals surface area (Å²) in [7, 11) is -2.34. The molecule has 1 amide bonds. The van der Waals surface area contributed by atoms with Gasteiger partial charge in [0, 0.05) is 25.7 Å². The number of nitrogens with zero attached hydrogens (tertiary/aromatic N) is 2. The number of benzene rings is 1. The number of piperidine rings is 1. The summed E-state index contributed by atoms with van der Waals surface area (Å²) in [6.45, 7) is 3.44. The molecule has 2 aliphatic rings. The Bertz CT molecular complexity index is 765. The van der Waals surface area contributed by atoms with Gasteiger partial charge in [-0.25, -0.2) is 8.42 Å². The topological polar surface area (TPSA) is 76.2 Å². The predicted molar refractivity (Wildman–Crippen MR) is 96.9 cm³/mol. The summed E-state index contributed by atoms with van der Waals surface area (Å²) in [5.41, 5.74) is 0. The summed E-state index contributed by atoms with van der Waals surface area (Å²) in [4.78, 5) is 14.6. The Hall–Kier alpha value is -1.80. The fraction of sp³-hybridized carbons (Fsp3) is 0.611. The molecule has 0 aromatic heterocycles. The Morgan fingerprint density at radius 2 is 1.96 bits per heavy atom. The molecule has 1 aromatic carbocycles. The van der Waals surface area contributed by atoms with E-state index in [2.05, 4.69) is 6.92 Å². The van der Waals surface area contributed by atoms with Gasteiger partial charge < -0.3 is 14.4 Å². The second-order valence-corrected chi connectivity index (χ2v) is 8.76. The highest BCUT2D eigenvalue weighted by atomic mass is 32.2. The van der Waals surface area contributed by atoms with Gasteiger partial charge in [0.2, 0.25) is 15.9 Å². The second kappa shape index (κ2) is 7.84. The minimum Gasteiger partial charge on any atom is -0.486 e. The fourth-order valence-corrected chi connectivity index (χ4v) is 4.62. The van der Waals surface area contributed by atoms with Crippen LogP contribution in [0.15, 0.2) is 23.1 Å². The first-order chi connectivity index (χ1) is 12.4. The third-order valence-corrected chi connectivity index (χ3v) is 6.80. The predicted octanol–water partition coefficient (Wildman–Crippen LogP) is 1.87. The number of rotatable bonds is 5. The van der Waals surface area contributed by atoms with E-state index < -0.39 is 10.0 Å². The maximum absolute atomic E-state index is 12.8. The third-order valence-electron chi connectivity index (χ3n) is 5.00. The molecular weight excluding hydrogens is 356 g/mol. The molecule has 0 radical (unpaired) electrons. The van der Waals surface area contributed by atoms with Crippen molar-refractivity contribution in [1.82, 2.24) is 9.21 Å². The van der Waals surface area contributed by atoms with Gasteiger partial charge in [0.1, 0.15) is 13.2 Å². The van der Waals surface area contributed by atoms with Crippen molar-refractivity contribution in [3.63, 3.8) is 0 Å². The van der Waals surface area contributed by atoms with Crippen molar-refractivity contribution in [3.05, 3.63) is 18.2 Å². The number of hydrogen-bond donors (Lipinski definition) is 0. The number of ether oxygens (including phenoxy) is 2. The molecule has 7 nitrogen and oxygen atoms in total. The van der Waals surface area contributed by atoms with Gasteiger partial charge in [-0.1, -0.05) is 6.92 Å². The number of sulfonamides is 1. The van der Waals surface area contributed by atoms with E-state index in [0.29, 0.717) is 31.3 Å². The van der Waals surface area contributed by atoms with Crippen molar-refractivity contribution in [2.45, 2.75) is 43.5 Å². The van der Waals surface area contributed by atoms with E-state index in [9.17, 15) is 13.2 Å². The number of amides is 1. The molecule has 0 saturated carbocycles. The van der Waals surface area contributed by atoms with Gasteiger partial charge in [0.15, 0.2) is 11.5 Å². The van der Waals surface area contributed by atoms with E-state index in [1.807, 2.05) is 4.90 Å². The summed E-state index contributed by atoms with van der Waals surface area (Å²) < 4.78 is 37.7. The zero-order valence-corrected chi connectivity index (χ0v) is 16.1. The van der Waals surface area contributed by atoms with E-state index in [1.54, 1.807) is 6.07 Å². The van der Waals surface area contributed by atoms with Gasteiger partial charge in [-0.15, -0.1) is 0 Å². The standard InChI is InChI=1S/C18H26N2O5S/c1-3-14-6-4-5-9-20(14)18(21)13-19(2)26(22,23)15-7-8-16-17(12-15)25-11-10-24-16/h7-8,12,14H,3-6,9-11,13H2,1-2H3/t14-/m0/s1. The lowest BCUT2D eigenvalue weighted by molar-refractivity contribution is -0.134. The van der Waals surface area contributed by atoms with Gasteiger partial charge in [0.05, 0.1) is 11.4 Å². The molecule has 8 heteroatoms. The van der Waals surface area contributed by atoms with E-state index in [4.69, 9.17) is 9.47 Å². The highest BCUT2D eigenvalue weighted by Gasteiger charge is 2.30. The van der Waals surface area contributed by atoms with E-state index in [-0.39, 0.29) is 23.4 Å². The Morgan fingerprint density at radius 1 is 1.23 bits per heavy atom. The van der Waals surface area contributed by atoms with Crippen molar-refractivity contribution < 1.29 is 22.7 Å². The summed E-state index contributed by atoms with van der Waals surface area (Å²) in [5.74, 6) is 0.812. The lowest BCUT2D eigenvalue weighted by Crippen LogP contribution is -2.48. The van der Waals surface area contributed by atoms with Crippen LogP contribution in [0, 0.1) is 0 Å². The van der Waals surface area contributed by atoms with Gasteiger partial charge >= 0.3 is 0 Å². The van der Waals surface area contributed by atoms with Crippen LogP contribution in [0.25, 0.3) is 0 Å². The second-order valence-electron chi connectivity index (χ2n) is 6.71. The van der Waals surface area contributed by atoms with E-state index >= 15 is 0 Å². The first-order valence-electron chi connectivity index (χ1n) is 9.09. The van der Waals surface area contributed by atoms with Crippen LogP contribution in [-0.2, 0) is 14.8 Å². The van der Waals surface area contributed by atoms with Crippen LogP contribution in [0.4, 0.5) is 0 Å². The first-order valence-corrected chi connectivity index (χ1v) is 10.5. The Morgan fingerprint density at radius 3 is 2.69 bits per heavy atom. The molecule has 0 unspecified atom stereocenters. The molecule has 0 aliphatic carbocycles. The molecule has 1 fully saturated rings. The van der Waals surface area contributed by atoms with E-state index in [1.165, 1.54) is 19.2 Å². The molecular formula is C18H26N2O5S. The SMILES string of the molecule is CC[C@H]1CCCCN1C(=O)CN(C)S(=O)(=O)c1ccc2c(c1)OCCO2. The average Bonchev–Trinajstić information content (AvgIpc) is 2.67. The first kappa shape index (κ1) is 19.0. The zero-order valence-electron chi connectivity index (χ0n) is 15.3. The molecule has 0 bridgehead atoms. The smallest absolute Gasteiger partial charge is 0.243 e. The summed E-state index contributed by atoms with van der Waals surface area (Å²) >= 11 is 0. The van der Waals surface area contributed by atoms with E-state index in [0.717, 1.165) is 30.0 Å². The number of hydrogen-bond acceptors (Lipinski definition) is 5. The van der Waals surface area contributed by atoms with Gasteiger partial charge in [-0.05, 0) is 37.8 Å². The largest absolute Gasteiger partial charge is 0.486 e.